The van der Waals surface area contributed by atoms with Gasteiger partial charge in [-0.05, 0) is 19.8 Å². The highest BCUT2D eigenvalue weighted by Gasteiger charge is 2.14. The summed E-state index contributed by atoms with van der Waals surface area (Å²) in [7, 11) is 1.71. The Kier molecular flexibility index (Phi) is 9.09. The lowest BCUT2D eigenvalue weighted by Gasteiger charge is -2.23. The van der Waals surface area contributed by atoms with E-state index in [-0.39, 0.29) is 5.91 Å². The summed E-state index contributed by atoms with van der Waals surface area (Å²) >= 11 is 0. The van der Waals surface area contributed by atoms with Crippen molar-refractivity contribution in [1.82, 2.24) is 10.2 Å². The molecular weight excluding hydrogens is 216 g/mol. The third-order valence-corrected chi connectivity index (χ3v) is 3.01. The quantitative estimate of drug-likeness (QED) is 0.668. The van der Waals surface area contributed by atoms with Gasteiger partial charge >= 0.3 is 0 Å². The van der Waals surface area contributed by atoms with E-state index in [0.29, 0.717) is 25.0 Å². The summed E-state index contributed by atoms with van der Waals surface area (Å²) in [6.45, 7) is 11.3. The molecule has 1 N–H and O–H groups in total. The summed E-state index contributed by atoms with van der Waals surface area (Å²) in [5.41, 5.74) is 0. The van der Waals surface area contributed by atoms with Crippen molar-refractivity contribution in [2.24, 2.45) is 5.92 Å². The first-order chi connectivity index (χ1) is 8.06. The van der Waals surface area contributed by atoms with E-state index in [4.69, 9.17) is 4.74 Å². The normalized spacial score (nSPS) is 12.8. The number of hydrogen-bond acceptors (Lipinski definition) is 3. The summed E-state index contributed by atoms with van der Waals surface area (Å²) in [5.74, 6) is 0.737. The Labute approximate surface area is 106 Å². The van der Waals surface area contributed by atoms with Crippen molar-refractivity contribution < 1.29 is 9.53 Å². The molecule has 1 unspecified atom stereocenters. The fraction of sp³-hybridized carbons (Fsp3) is 0.923. The van der Waals surface area contributed by atoms with Crippen LogP contribution in [0.4, 0.5) is 0 Å². The van der Waals surface area contributed by atoms with Gasteiger partial charge < -0.3 is 15.0 Å². The smallest absolute Gasteiger partial charge is 0.223 e. The van der Waals surface area contributed by atoms with Gasteiger partial charge in [-0.25, -0.2) is 0 Å². The van der Waals surface area contributed by atoms with Gasteiger partial charge in [-0.3, -0.25) is 4.79 Å². The van der Waals surface area contributed by atoms with Crippen LogP contribution in [0.15, 0.2) is 0 Å². The Hall–Kier alpha value is -0.610. The molecule has 0 saturated carbocycles. The average molecular weight is 244 g/mol. The molecule has 17 heavy (non-hydrogen) atoms. The molecule has 0 spiro atoms. The first-order valence-corrected chi connectivity index (χ1v) is 6.56. The van der Waals surface area contributed by atoms with Crippen LogP contribution in [0.5, 0.6) is 0 Å². The van der Waals surface area contributed by atoms with Gasteiger partial charge in [0.1, 0.15) is 0 Å². The highest BCUT2D eigenvalue weighted by molar-refractivity contribution is 5.76. The minimum atomic E-state index is 0.224. The van der Waals surface area contributed by atoms with E-state index in [1.807, 2.05) is 18.7 Å². The van der Waals surface area contributed by atoms with Crippen molar-refractivity contribution in [2.45, 2.75) is 40.2 Å². The van der Waals surface area contributed by atoms with Crippen molar-refractivity contribution in [2.75, 3.05) is 33.4 Å². The average Bonchev–Trinajstić information content (AvgIpc) is 2.29. The van der Waals surface area contributed by atoms with Gasteiger partial charge in [0, 0.05) is 39.2 Å². The molecule has 1 atom stereocenters. The van der Waals surface area contributed by atoms with Gasteiger partial charge in [-0.2, -0.15) is 0 Å². The topological polar surface area (TPSA) is 41.6 Å². The second-order valence-electron chi connectivity index (χ2n) is 4.58. The number of nitrogens with one attached hydrogen (secondary N) is 1. The Bertz CT molecular complexity index is 204. The van der Waals surface area contributed by atoms with Crippen molar-refractivity contribution in [3.8, 4) is 0 Å². The number of rotatable bonds is 9. The second kappa shape index (κ2) is 9.42. The van der Waals surface area contributed by atoms with Gasteiger partial charge in [-0.15, -0.1) is 0 Å². The van der Waals surface area contributed by atoms with Crippen LogP contribution in [-0.2, 0) is 9.53 Å². The molecule has 0 aliphatic carbocycles. The third kappa shape index (κ3) is 6.64. The number of amides is 1. The van der Waals surface area contributed by atoms with Crippen molar-refractivity contribution in [3.05, 3.63) is 0 Å². The molecule has 4 nitrogen and oxygen atoms in total. The molecule has 0 bridgehead atoms. The van der Waals surface area contributed by atoms with Gasteiger partial charge in [0.05, 0.1) is 6.61 Å². The lowest BCUT2D eigenvalue weighted by Crippen LogP contribution is -2.40. The van der Waals surface area contributed by atoms with Gasteiger partial charge in [0.25, 0.3) is 0 Å². The van der Waals surface area contributed by atoms with Crippen LogP contribution in [0.3, 0.4) is 0 Å². The van der Waals surface area contributed by atoms with E-state index in [2.05, 4.69) is 19.2 Å². The molecule has 0 heterocycles. The third-order valence-electron chi connectivity index (χ3n) is 3.01. The van der Waals surface area contributed by atoms with Crippen LogP contribution < -0.4 is 5.32 Å². The molecule has 0 aliphatic heterocycles. The SMILES string of the molecule is CCN(CC)C(=O)CCNC(COC)C(C)C. The summed E-state index contributed by atoms with van der Waals surface area (Å²) in [6, 6.07) is 0.324. The Morgan fingerprint density at radius 2 is 1.88 bits per heavy atom. The standard InChI is InChI=1S/C13H28N2O2/c1-6-15(7-2)13(16)8-9-14-12(10-17-5)11(3)4/h11-12,14H,6-10H2,1-5H3. The van der Waals surface area contributed by atoms with Gasteiger partial charge in [0.2, 0.25) is 5.91 Å². The van der Waals surface area contributed by atoms with Crippen LogP contribution in [0.1, 0.15) is 34.1 Å². The maximum absolute atomic E-state index is 11.8. The fourth-order valence-electron chi connectivity index (χ4n) is 1.77. The highest BCUT2D eigenvalue weighted by Crippen LogP contribution is 2.02. The van der Waals surface area contributed by atoms with Crippen molar-refractivity contribution in [1.29, 1.82) is 0 Å². The first kappa shape index (κ1) is 16.4. The van der Waals surface area contributed by atoms with E-state index in [0.717, 1.165) is 19.6 Å². The summed E-state index contributed by atoms with van der Waals surface area (Å²) in [5, 5.41) is 3.38. The lowest BCUT2D eigenvalue weighted by atomic mass is 10.1. The zero-order valence-corrected chi connectivity index (χ0v) is 12.0. The molecule has 0 aromatic carbocycles. The van der Waals surface area contributed by atoms with E-state index < -0.39 is 0 Å². The van der Waals surface area contributed by atoms with Crippen LogP contribution in [-0.4, -0.2) is 50.2 Å². The molecule has 0 aliphatic rings. The molecule has 4 heteroatoms. The lowest BCUT2D eigenvalue weighted by molar-refractivity contribution is -0.130. The predicted molar refractivity (Wildman–Crippen MR) is 71.0 cm³/mol. The Balaban J connectivity index is 3.91. The van der Waals surface area contributed by atoms with E-state index >= 15 is 0 Å². The van der Waals surface area contributed by atoms with Crippen molar-refractivity contribution >= 4 is 5.91 Å². The zero-order valence-electron chi connectivity index (χ0n) is 12.0. The maximum Gasteiger partial charge on any atom is 0.223 e. The number of methoxy groups -OCH3 is 1. The summed E-state index contributed by atoms with van der Waals surface area (Å²) in [6.07, 6.45) is 0.564. The molecule has 0 rings (SSSR count). The highest BCUT2D eigenvalue weighted by atomic mass is 16.5. The largest absolute Gasteiger partial charge is 0.383 e. The van der Waals surface area contributed by atoms with E-state index in [1.165, 1.54) is 0 Å². The molecule has 102 valence electrons. The minimum absolute atomic E-state index is 0.224. The summed E-state index contributed by atoms with van der Waals surface area (Å²) < 4.78 is 5.15. The fourth-order valence-corrected chi connectivity index (χ4v) is 1.77. The first-order valence-electron chi connectivity index (χ1n) is 6.56. The molecule has 0 aromatic heterocycles. The maximum atomic E-state index is 11.8. The van der Waals surface area contributed by atoms with E-state index in [1.54, 1.807) is 7.11 Å². The number of nitrogens with zero attached hydrogens (tertiary/aromatic N) is 1. The van der Waals surface area contributed by atoms with Crippen LogP contribution in [0.2, 0.25) is 0 Å². The van der Waals surface area contributed by atoms with Crippen LogP contribution >= 0.6 is 0 Å². The molecule has 0 aromatic rings. The Morgan fingerprint density at radius 3 is 2.29 bits per heavy atom. The Morgan fingerprint density at radius 1 is 1.29 bits per heavy atom. The van der Waals surface area contributed by atoms with Crippen molar-refractivity contribution in [3.63, 3.8) is 0 Å². The number of hydrogen-bond donors (Lipinski definition) is 1. The molecule has 0 radical (unpaired) electrons. The number of carbonyl (C=O) groups excluding carboxylic acids is 1. The minimum Gasteiger partial charge on any atom is -0.383 e. The molecule has 1 amide bonds. The monoisotopic (exact) mass is 244 g/mol. The zero-order chi connectivity index (χ0) is 13.3. The molecule has 0 saturated heterocycles. The van der Waals surface area contributed by atoms with Crippen LogP contribution in [0.25, 0.3) is 0 Å². The van der Waals surface area contributed by atoms with E-state index in [9.17, 15) is 4.79 Å². The van der Waals surface area contributed by atoms with Crippen LogP contribution in [0, 0.1) is 5.92 Å². The molecule has 0 fully saturated rings. The number of ether oxygens (including phenoxy) is 1. The van der Waals surface area contributed by atoms with Gasteiger partial charge in [0.15, 0.2) is 0 Å². The second-order valence-corrected chi connectivity index (χ2v) is 4.58. The molecular formula is C13H28N2O2. The summed E-state index contributed by atoms with van der Waals surface area (Å²) in [4.78, 5) is 13.6. The number of carbonyl (C=O) groups is 1. The van der Waals surface area contributed by atoms with Gasteiger partial charge in [-0.1, -0.05) is 13.8 Å². The predicted octanol–water partition coefficient (Wildman–Crippen LogP) is 1.51.